The largest absolute Gasteiger partial charge is 0.393 e. The van der Waals surface area contributed by atoms with E-state index in [9.17, 15) is 9.90 Å². The van der Waals surface area contributed by atoms with Crippen molar-refractivity contribution in [1.29, 1.82) is 0 Å². The fraction of sp³-hybridized carbons (Fsp3) is 0.500. The molecule has 2 rings (SSSR count). The van der Waals surface area contributed by atoms with Crippen molar-refractivity contribution in [2.45, 2.75) is 30.3 Å². The second kappa shape index (κ2) is 7.55. The van der Waals surface area contributed by atoms with Crippen molar-refractivity contribution in [3.8, 4) is 0 Å². The zero-order valence-corrected chi connectivity index (χ0v) is 13.3. The molecule has 0 spiro atoms. The van der Waals surface area contributed by atoms with Crippen LogP contribution < -0.4 is 5.32 Å². The highest BCUT2D eigenvalue weighted by Crippen LogP contribution is 2.29. The summed E-state index contributed by atoms with van der Waals surface area (Å²) in [7, 11) is 0. The van der Waals surface area contributed by atoms with Gasteiger partial charge in [-0.2, -0.15) is 0 Å². The molecule has 2 unspecified atom stereocenters. The van der Waals surface area contributed by atoms with Gasteiger partial charge in [-0.1, -0.05) is 23.2 Å². The third-order valence-electron chi connectivity index (χ3n) is 3.35. The summed E-state index contributed by atoms with van der Waals surface area (Å²) < 4.78 is 0. The molecule has 1 fully saturated rings. The number of aliphatic hydroxyl groups is 1. The minimum Gasteiger partial charge on any atom is -0.393 e. The highest BCUT2D eigenvalue weighted by Gasteiger charge is 2.22. The summed E-state index contributed by atoms with van der Waals surface area (Å²) in [6, 6.07) is 5.21. The van der Waals surface area contributed by atoms with Crippen LogP contribution in [0.4, 0.5) is 0 Å². The Morgan fingerprint density at radius 3 is 2.90 bits per heavy atom. The van der Waals surface area contributed by atoms with E-state index in [0.717, 1.165) is 24.2 Å². The number of nitrogens with one attached hydrogen (secondary N) is 1. The molecule has 1 aliphatic carbocycles. The number of benzene rings is 1. The summed E-state index contributed by atoms with van der Waals surface area (Å²) in [5.74, 6) is 0.691. The molecule has 1 amide bonds. The molecule has 3 nitrogen and oxygen atoms in total. The molecule has 1 aliphatic rings. The van der Waals surface area contributed by atoms with Gasteiger partial charge in [-0.15, -0.1) is 11.8 Å². The van der Waals surface area contributed by atoms with E-state index in [1.54, 1.807) is 18.2 Å². The van der Waals surface area contributed by atoms with Crippen molar-refractivity contribution in [2.24, 2.45) is 5.92 Å². The minimum atomic E-state index is -0.198. The molecule has 0 radical (unpaired) electrons. The topological polar surface area (TPSA) is 49.3 Å². The van der Waals surface area contributed by atoms with Gasteiger partial charge in [-0.25, -0.2) is 0 Å². The molecule has 0 bridgehead atoms. The summed E-state index contributed by atoms with van der Waals surface area (Å²) in [5.41, 5.74) is 0. The number of hydrogen-bond acceptors (Lipinski definition) is 3. The normalized spacial score (nSPS) is 21.9. The first-order chi connectivity index (χ1) is 9.54. The maximum atomic E-state index is 11.8. The van der Waals surface area contributed by atoms with Crippen molar-refractivity contribution < 1.29 is 9.90 Å². The van der Waals surface area contributed by atoms with Crippen LogP contribution in [0.2, 0.25) is 10.0 Å². The zero-order valence-electron chi connectivity index (χ0n) is 10.9. The summed E-state index contributed by atoms with van der Waals surface area (Å²) in [5, 5.41) is 13.5. The van der Waals surface area contributed by atoms with E-state index in [1.807, 2.05) is 0 Å². The van der Waals surface area contributed by atoms with E-state index in [2.05, 4.69) is 5.32 Å². The van der Waals surface area contributed by atoms with Crippen molar-refractivity contribution in [1.82, 2.24) is 5.32 Å². The minimum absolute atomic E-state index is 0.0209. The Labute approximate surface area is 133 Å². The van der Waals surface area contributed by atoms with Crippen LogP contribution in [0, 0.1) is 5.92 Å². The van der Waals surface area contributed by atoms with Crippen LogP contribution in [0.15, 0.2) is 23.1 Å². The average Bonchev–Trinajstić information content (AvgIpc) is 2.83. The van der Waals surface area contributed by atoms with Gasteiger partial charge in [-0.3, -0.25) is 4.79 Å². The van der Waals surface area contributed by atoms with E-state index < -0.39 is 0 Å². The van der Waals surface area contributed by atoms with Gasteiger partial charge in [0.05, 0.1) is 16.9 Å². The van der Waals surface area contributed by atoms with Crippen LogP contribution in [-0.2, 0) is 4.79 Å². The summed E-state index contributed by atoms with van der Waals surface area (Å²) in [4.78, 5) is 12.6. The van der Waals surface area contributed by atoms with Gasteiger partial charge >= 0.3 is 0 Å². The Kier molecular flexibility index (Phi) is 6.02. The van der Waals surface area contributed by atoms with E-state index in [4.69, 9.17) is 23.2 Å². The van der Waals surface area contributed by atoms with E-state index in [-0.39, 0.29) is 12.0 Å². The standard InChI is InChI=1S/C14H17Cl2NO2S/c15-10-2-4-12(16)13(6-10)20-8-14(19)17-7-9-1-3-11(18)5-9/h2,4,6,9,11,18H,1,3,5,7-8H2,(H,17,19). The third-order valence-corrected chi connectivity index (χ3v) is 5.09. The fourth-order valence-electron chi connectivity index (χ4n) is 2.27. The molecular formula is C14H17Cl2NO2S. The second-order valence-electron chi connectivity index (χ2n) is 5.00. The highest BCUT2D eigenvalue weighted by molar-refractivity contribution is 8.00. The Morgan fingerprint density at radius 1 is 1.40 bits per heavy atom. The third kappa shape index (κ3) is 4.85. The summed E-state index contributed by atoms with van der Waals surface area (Å²) in [6.07, 6.45) is 2.41. The Balaban J connectivity index is 1.73. The monoisotopic (exact) mass is 333 g/mol. The molecule has 0 saturated heterocycles. The number of carbonyl (C=O) groups excluding carboxylic acids is 1. The fourth-order valence-corrected chi connectivity index (χ4v) is 3.60. The van der Waals surface area contributed by atoms with Crippen molar-refractivity contribution in [3.63, 3.8) is 0 Å². The maximum absolute atomic E-state index is 11.8. The van der Waals surface area contributed by atoms with E-state index >= 15 is 0 Å². The summed E-state index contributed by atoms with van der Waals surface area (Å²) in [6.45, 7) is 0.639. The first kappa shape index (κ1) is 16.0. The van der Waals surface area contributed by atoms with Gasteiger partial charge in [0.15, 0.2) is 0 Å². The van der Waals surface area contributed by atoms with Crippen molar-refractivity contribution in [2.75, 3.05) is 12.3 Å². The quantitative estimate of drug-likeness (QED) is 0.812. The van der Waals surface area contributed by atoms with Gasteiger partial charge in [0.1, 0.15) is 0 Å². The molecule has 1 saturated carbocycles. The molecule has 0 heterocycles. The molecular weight excluding hydrogens is 317 g/mol. The molecule has 1 aromatic rings. The molecule has 110 valence electrons. The molecule has 6 heteroatoms. The zero-order chi connectivity index (χ0) is 14.5. The molecule has 2 N–H and O–H groups in total. The molecule has 0 aromatic heterocycles. The number of hydrogen-bond donors (Lipinski definition) is 2. The molecule has 0 aliphatic heterocycles. The molecule has 1 aromatic carbocycles. The van der Waals surface area contributed by atoms with Crippen LogP contribution in [0.5, 0.6) is 0 Å². The van der Waals surface area contributed by atoms with Crippen LogP contribution in [0.1, 0.15) is 19.3 Å². The predicted molar refractivity (Wildman–Crippen MR) is 83.5 cm³/mol. The predicted octanol–water partition coefficient (Wildman–Crippen LogP) is 3.36. The Bertz CT molecular complexity index is 484. The van der Waals surface area contributed by atoms with Crippen molar-refractivity contribution in [3.05, 3.63) is 28.2 Å². The lowest BCUT2D eigenvalue weighted by Gasteiger charge is -2.11. The van der Waals surface area contributed by atoms with Gasteiger partial charge in [0, 0.05) is 16.5 Å². The van der Waals surface area contributed by atoms with E-state index in [1.165, 1.54) is 11.8 Å². The second-order valence-corrected chi connectivity index (χ2v) is 6.86. The van der Waals surface area contributed by atoms with E-state index in [0.29, 0.717) is 28.3 Å². The average molecular weight is 334 g/mol. The number of halogens is 2. The van der Waals surface area contributed by atoms with Gasteiger partial charge in [-0.05, 0) is 43.4 Å². The maximum Gasteiger partial charge on any atom is 0.230 e. The van der Waals surface area contributed by atoms with Gasteiger partial charge < -0.3 is 10.4 Å². The SMILES string of the molecule is O=C(CSc1cc(Cl)ccc1Cl)NCC1CCC(O)C1. The van der Waals surface area contributed by atoms with Crippen molar-refractivity contribution >= 4 is 40.9 Å². The Hall–Kier alpha value is -0.420. The number of aliphatic hydroxyl groups excluding tert-OH is 1. The molecule has 2 atom stereocenters. The van der Waals surface area contributed by atoms with Gasteiger partial charge in [0.25, 0.3) is 0 Å². The smallest absolute Gasteiger partial charge is 0.230 e. The lowest BCUT2D eigenvalue weighted by Crippen LogP contribution is -2.30. The Morgan fingerprint density at radius 2 is 2.20 bits per heavy atom. The van der Waals surface area contributed by atoms with Crippen LogP contribution >= 0.6 is 35.0 Å². The first-order valence-electron chi connectivity index (χ1n) is 6.57. The molecule has 20 heavy (non-hydrogen) atoms. The lowest BCUT2D eigenvalue weighted by molar-refractivity contribution is -0.118. The lowest BCUT2D eigenvalue weighted by atomic mass is 10.1. The number of amides is 1. The summed E-state index contributed by atoms with van der Waals surface area (Å²) >= 11 is 13.3. The number of carbonyl (C=O) groups is 1. The van der Waals surface area contributed by atoms with Crippen LogP contribution in [0.3, 0.4) is 0 Å². The van der Waals surface area contributed by atoms with Crippen LogP contribution in [0.25, 0.3) is 0 Å². The number of rotatable bonds is 5. The highest BCUT2D eigenvalue weighted by atomic mass is 35.5. The number of thioether (sulfide) groups is 1. The van der Waals surface area contributed by atoms with Crippen LogP contribution in [-0.4, -0.2) is 29.4 Å². The van der Waals surface area contributed by atoms with Gasteiger partial charge in [0.2, 0.25) is 5.91 Å². The first-order valence-corrected chi connectivity index (χ1v) is 8.31.